The van der Waals surface area contributed by atoms with Gasteiger partial charge in [0.2, 0.25) is 0 Å². The molecule has 10 rings (SSSR count). The van der Waals surface area contributed by atoms with Gasteiger partial charge in [-0.3, -0.25) is 4.98 Å². The topological polar surface area (TPSA) is 43.9 Å². The maximum absolute atomic E-state index is 7.28. The number of pyridine rings is 1. The molecule has 0 aliphatic heterocycles. The maximum Gasteiger partial charge on any atom is 0.0774 e. The molecule has 5 heteroatoms. The summed E-state index contributed by atoms with van der Waals surface area (Å²) in [5.41, 5.74) is 10.8. The SMILES string of the molecule is [2H]C([2H])([2H])c1c[c-]c(-c2ccc(C([2H])([2H])[2H])cn2)cc1.[Ir].[c-]1oc2cc3ccccc3cc2c1-c1nc2ccccc2n1-c1c(-c2ccccc2)cccc1-c1ccccc1. The predicted octanol–water partition coefficient (Wildman–Crippen LogP) is 12.9. The standard InChI is InChI=1S/C37H23N2O.C13H12N.Ir/c1-3-12-25(13-4-1)29-18-11-19-30(26-14-5-2-6-15-26)36(29)39-34-21-10-9-20-33(34)38-37(39)32-24-40-35-23-28-17-8-7-16-27(28)22-31(32)35;1-10-3-6-12(7-4-10)13-8-5-11(2)9-14-13;/h1-23H;3-6,8-9H,1-2H3;/q2*-1;/i;1D3,2D3;. The summed E-state index contributed by atoms with van der Waals surface area (Å²) >= 11 is 0. The van der Waals surface area contributed by atoms with Crippen LogP contribution in [-0.2, 0) is 20.1 Å². The number of furan rings is 1. The normalized spacial score (nSPS) is 13.0. The monoisotopic (exact) mass is 892 g/mol. The molecule has 0 spiro atoms. The Balaban J connectivity index is 0.000000208. The van der Waals surface area contributed by atoms with E-state index < -0.39 is 13.7 Å². The van der Waals surface area contributed by atoms with E-state index in [9.17, 15) is 0 Å². The second-order valence-corrected chi connectivity index (χ2v) is 12.9. The van der Waals surface area contributed by atoms with Crippen LogP contribution in [0, 0.1) is 26.0 Å². The Morgan fingerprint density at radius 1 is 0.636 bits per heavy atom. The average molecular weight is 892 g/mol. The van der Waals surface area contributed by atoms with Crippen molar-refractivity contribution in [2.45, 2.75) is 13.7 Å². The van der Waals surface area contributed by atoms with Gasteiger partial charge in [0.25, 0.3) is 0 Å². The van der Waals surface area contributed by atoms with Gasteiger partial charge in [0.15, 0.2) is 0 Å². The molecule has 267 valence electrons. The summed E-state index contributed by atoms with van der Waals surface area (Å²) in [4.78, 5) is 9.28. The van der Waals surface area contributed by atoms with Crippen LogP contribution in [0.4, 0.5) is 0 Å². The van der Waals surface area contributed by atoms with Crippen molar-refractivity contribution in [3.8, 4) is 50.6 Å². The molecular weight excluding hydrogens is 851 g/mol. The Morgan fingerprint density at radius 3 is 1.95 bits per heavy atom. The smallest absolute Gasteiger partial charge is 0.0774 e. The van der Waals surface area contributed by atoms with Crippen LogP contribution < -0.4 is 0 Å². The number of aryl methyl sites for hydroxylation is 2. The minimum absolute atomic E-state index is 0. The van der Waals surface area contributed by atoms with E-state index in [1.54, 1.807) is 12.1 Å². The molecule has 3 aromatic heterocycles. The molecular formula is C50H35IrN3O-2. The van der Waals surface area contributed by atoms with Crippen molar-refractivity contribution >= 4 is 32.8 Å². The molecule has 0 saturated carbocycles. The summed E-state index contributed by atoms with van der Waals surface area (Å²) in [6.07, 6.45) is 4.54. The molecule has 0 aliphatic rings. The van der Waals surface area contributed by atoms with Gasteiger partial charge in [-0.1, -0.05) is 157 Å². The van der Waals surface area contributed by atoms with E-state index in [1.807, 2.05) is 12.1 Å². The van der Waals surface area contributed by atoms with E-state index in [0.29, 0.717) is 11.3 Å². The predicted molar refractivity (Wildman–Crippen MR) is 221 cm³/mol. The molecule has 0 N–H and O–H groups in total. The number of fused-ring (bicyclic) bond motifs is 3. The minimum atomic E-state index is -2.18. The molecule has 1 radical (unpaired) electrons. The van der Waals surface area contributed by atoms with E-state index in [-0.39, 0.29) is 31.2 Å². The first-order valence-corrected chi connectivity index (χ1v) is 17.6. The Labute approximate surface area is 342 Å². The molecule has 0 unspecified atom stereocenters. The van der Waals surface area contributed by atoms with Crippen molar-refractivity contribution in [2.24, 2.45) is 0 Å². The maximum atomic E-state index is 7.28. The Morgan fingerprint density at radius 2 is 1.29 bits per heavy atom. The minimum Gasteiger partial charge on any atom is -0.557 e. The van der Waals surface area contributed by atoms with Crippen molar-refractivity contribution in [1.82, 2.24) is 14.5 Å². The van der Waals surface area contributed by atoms with Gasteiger partial charge in [-0.2, -0.15) is 0 Å². The number of hydrogen-bond donors (Lipinski definition) is 0. The quantitative estimate of drug-likeness (QED) is 0.162. The zero-order chi connectivity index (χ0) is 41.4. The zero-order valence-electron chi connectivity index (χ0n) is 35.3. The van der Waals surface area contributed by atoms with E-state index in [4.69, 9.17) is 17.6 Å². The third-order valence-corrected chi connectivity index (χ3v) is 9.45. The molecule has 3 heterocycles. The fraction of sp³-hybridized carbons (Fsp3) is 0.0400. The van der Waals surface area contributed by atoms with Gasteiger partial charge in [-0.25, -0.2) is 0 Å². The van der Waals surface area contributed by atoms with Crippen LogP contribution in [0.2, 0.25) is 0 Å². The third kappa shape index (κ3) is 7.04. The van der Waals surface area contributed by atoms with Crippen LogP contribution in [-0.4, -0.2) is 14.5 Å². The van der Waals surface area contributed by atoms with Gasteiger partial charge in [-0.05, 0) is 52.1 Å². The van der Waals surface area contributed by atoms with Gasteiger partial charge in [-0.15, -0.1) is 35.4 Å². The average Bonchev–Trinajstić information content (AvgIpc) is 3.86. The number of nitrogens with zero attached hydrogens (tertiary/aromatic N) is 3. The first-order chi connectivity index (χ1) is 29.0. The molecule has 0 atom stereocenters. The second kappa shape index (κ2) is 15.5. The van der Waals surface area contributed by atoms with Crippen LogP contribution >= 0.6 is 0 Å². The first kappa shape index (κ1) is 29.0. The van der Waals surface area contributed by atoms with Crippen molar-refractivity contribution < 1.29 is 32.7 Å². The van der Waals surface area contributed by atoms with Crippen LogP contribution in [0.1, 0.15) is 19.4 Å². The Kier molecular flexibility index (Phi) is 8.20. The van der Waals surface area contributed by atoms with Crippen molar-refractivity contribution in [3.05, 3.63) is 200 Å². The Hall–Kier alpha value is -6.39. The van der Waals surface area contributed by atoms with Gasteiger partial charge in [0, 0.05) is 57.5 Å². The molecule has 55 heavy (non-hydrogen) atoms. The van der Waals surface area contributed by atoms with E-state index in [2.05, 4.69) is 149 Å². The molecule has 0 aliphatic carbocycles. The summed E-state index contributed by atoms with van der Waals surface area (Å²) in [5, 5.41) is 3.29. The van der Waals surface area contributed by atoms with Crippen molar-refractivity contribution in [3.63, 3.8) is 0 Å². The van der Waals surface area contributed by atoms with Crippen LogP contribution in [0.15, 0.2) is 180 Å². The van der Waals surface area contributed by atoms with Gasteiger partial charge < -0.3 is 14.0 Å². The second-order valence-electron chi connectivity index (χ2n) is 12.9. The number of aromatic nitrogens is 3. The molecule has 0 amide bonds. The summed E-state index contributed by atoms with van der Waals surface area (Å²) in [7, 11) is 0. The third-order valence-electron chi connectivity index (χ3n) is 9.45. The largest absolute Gasteiger partial charge is 0.557 e. The fourth-order valence-electron chi connectivity index (χ4n) is 6.87. The molecule has 4 nitrogen and oxygen atoms in total. The van der Waals surface area contributed by atoms with Gasteiger partial charge in [0.1, 0.15) is 0 Å². The first-order valence-electron chi connectivity index (χ1n) is 20.6. The fourth-order valence-corrected chi connectivity index (χ4v) is 6.87. The zero-order valence-corrected chi connectivity index (χ0v) is 31.7. The number of hydrogen-bond acceptors (Lipinski definition) is 3. The Bertz CT molecular complexity index is 2990. The van der Waals surface area contributed by atoms with Gasteiger partial charge in [0.05, 0.1) is 22.5 Å². The molecule has 7 aromatic carbocycles. The van der Waals surface area contributed by atoms with Gasteiger partial charge >= 0.3 is 0 Å². The van der Waals surface area contributed by atoms with Crippen LogP contribution in [0.5, 0.6) is 0 Å². The van der Waals surface area contributed by atoms with Crippen LogP contribution in [0.25, 0.3) is 83.4 Å². The van der Waals surface area contributed by atoms with Crippen LogP contribution in [0.3, 0.4) is 0 Å². The molecule has 0 saturated heterocycles. The summed E-state index contributed by atoms with van der Waals surface area (Å²) < 4.78 is 52.0. The molecule has 0 bridgehead atoms. The van der Waals surface area contributed by atoms with Crippen molar-refractivity contribution in [1.29, 1.82) is 0 Å². The molecule has 0 fully saturated rings. The number of para-hydroxylation sites is 3. The summed E-state index contributed by atoms with van der Waals surface area (Å²) in [6, 6.07) is 59.0. The van der Waals surface area contributed by atoms with E-state index in [0.717, 1.165) is 72.1 Å². The molecule has 10 aromatic rings. The van der Waals surface area contributed by atoms with E-state index in [1.165, 1.54) is 24.4 Å². The number of imidazole rings is 1. The summed E-state index contributed by atoms with van der Waals surface area (Å²) in [5.74, 6) is 0.802. The number of rotatable bonds is 5. The summed E-state index contributed by atoms with van der Waals surface area (Å²) in [6.45, 7) is -4.34. The number of benzene rings is 7. The van der Waals surface area contributed by atoms with Crippen molar-refractivity contribution in [2.75, 3.05) is 0 Å². The van der Waals surface area contributed by atoms with E-state index >= 15 is 0 Å².